The summed E-state index contributed by atoms with van der Waals surface area (Å²) in [5, 5.41) is 3.65. The molecule has 2 aliphatic rings. The number of benzene rings is 4. The number of nitrogens with zero attached hydrogens (tertiary/aromatic N) is 5. The Hall–Kier alpha value is -4.19. The molecule has 4 aromatic carbocycles. The third-order valence-electron chi connectivity index (χ3n) is 11.7. The Morgan fingerprint density at radius 1 is 0.760 bits per heavy atom. The third kappa shape index (κ3) is 4.77. The first-order valence-corrected chi connectivity index (χ1v) is 17.6. The number of para-hydroxylation sites is 1. The van der Waals surface area contributed by atoms with Gasteiger partial charge in [-0.2, -0.15) is 0 Å². The monoisotopic (exact) mass is 834 g/mol. The maximum absolute atomic E-state index is 4.79. The van der Waals surface area contributed by atoms with E-state index >= 15 is 0 Å². The van der Waals surface area contributed by atoms with Gasteiger partial charge in [-0.25, -0.2) is 0 Å². The zero-order valence-electron chi connectivity index (χ0n) is 30.5. The average Bonchev–Trinajstić information content (AvgIpc) is 3.77. The number of pyridine rings is 1. The molecule has 0 aliphatic carbocycles. The molecule has 50 heavy (non-hydrogen) atoms. The molecule has 5 nitrogen and oxygen atoms in total. The van der Waals surface area contributed by atoms with Gasteiger partial charge in [0.1, 0.15) is 0 Å². The van der Waals surface area contributed by atoms with Crippen molar-refractivity contribution in [1.82, 2.24) is 18.8 Å². The van der Waals surface area contributed by atoms with Gasteiger partial charge in [0.15, 0.2) is 0 Å². The summed E-state index contributed by atoms with van der Waals surface area (Å²) < 4.78 is 4.67. The summed E-state index contributed by atoms with van der Waals surface area (Å²) in [7, 11) is 2.18. The molecule has 5 heterocycles. The molecule has 255 valence electrons. The first-order chi connectivity index (χ1) is 23.4. The second-order valence-corrected chi connectivity index (χ2v) is 15.4. The molecule has 0 spiro atoms. The van der Waals surface area contributed by atoms with E-state index in [1.807, 2.05) is 18.3 Å². The second kappa shape index (κ2) is 12.2. The van der Waals surface area contributed by atoms with Crippen LogP contribution in [-0.2, 0) is 30.9 Å². The largest absolute Gasteiger partial charge is 0.436 e. The molecule has 2 aliphatic heterocycles. The maximum Gasteiger partial charge on any atom is 0.399 e. The summed E-state index contributed by atoms with van der Waals surface area (Å²) in [5.74, 6) is 1.93. The quantitative estimate of drug-likeness (QED) is 0.101. The number of hydrogen-bond donors (Lipinski definition) is 0. The Morgan fingerprint density at radius 3 is 2.14 bits per heavy atom. The number of fused-ring (bicyclic) bond motifs is 6. The van der Waals surface area contributed by atoms with E-state index in [4.69, 9.17) is 4.98 Å². The van der Waals surface area contributed by atoms with Crippen molar-refractivity contribution >= 4 is 45.5 Å². The molecule has 1 radical (unpaired) electrons. The van der Waals surface area contributed by atoms with Gasteiger partial charge in [0, 0.05) is 66.6 Å². The average molecular weight is 834 g/mol. The molecule has 0 N–H and O–H groups in total. The maximum atomic E-state index is 4.79. The van der Waals surface area contributed by atoms with Crippen LogP contribution in [0.4, 0.5) is 5.69 Å². The van der Waals surface area contributed by atoms with Crippen LogP contribution in [0.1, 0.15) is 89.6 Å². The normalized spacial score (nSPS) is 15.3. The molecule has 0 saturated heterocycles. The van der Waals surface area contributed by atoms with Crippen molar-refractivity contribution < 1.29 is 20.1 Å². The van der Waals surface area contributed by atoms with Crippen molar-refractivity contribution in [2.75, 3.05) is 11.9 Å². The van der Waals surface area contributed by atoms with E-state index in [0.717, 1.165) is 22.4 Å². The summed E-state index contributed by atoms with van der Waals surface area (Å²) in [6.07, 6.45) is 6.06. The molecule has 0 amide bonds. The van der Waals surface area contributed by atoms with Gasteiger partial charge >= 0.3 is 6.98 Å². The summed E-state index contributed by atoms with van der Waals surface area (Å²) >= 11 is 0. The predicted molar refractivity (Wildman–Crippen MR) is 205 cm³/mol. The van der Waals surface area contributed by atoms with E-state index in [-0.39, 0.29) is 37.9 Å². The Labute approximate surface area is 310 Å². The van der Waals surface area contributed by atoms with E-state index in [1.54, 1.807) is 0 Å². The minimum atomic E-state index is 0. The zero-order valence-corrected chi connectivity index (χ0v) is 32.9. The summed E-state index contributed by atoms with van der Waals surface area (Å²) in [6, 6.07) is 32.7. The van der Waals surface area contributed by atoms with Crippen LogP contribution in [0, 0.1) is 12.1 Å². The fourth-order valence-corrected chi connectivity index (χ4v) is 8.37. The van der Waals surface area contributed by atoms with E-state index < -0.39 is 0 Å². The van der Waals surface area contributed by atoms with Gasteiger partial charge in [0.05, 0.1) is 5.65 Å². The fourth-order valence-electron chi connectivity index (χ4n) is 8.37. The number of imidazole rings is 2. The molecule has 3 aromatic heterocycles. The molecule has 0 atom stereocenters. The fraction of sp³-hybridized carbons (Fsp3) is 0.302. The Kier molecular flexibility index (Phi) is 8.39. The van der Waals surface area contributed by atoms with Gasteiger partial charge in [-0.1, -0.05) is 108 Å². The molecule has 0 fully saturated rings. The van der Waals surface area contributed by atoms with Gasteiger partial charge in [-0.15, -0.1) is 53.9 Å². The summed E-state index contributed by atoms with van der Waals surface area (Å²) in [6.45, 7) is 18.6. The van der Waals surface area contributed by atoms with Crippen molar-refractivity contribution in [3.8, 4) is 11.4 Å². The first kappa shape index (κ1) is 34.3. The van der Waals surface area contributed by atoms with Crippen LogP contribution in [0.25, 0.3) is 38.7 Å². The van der Waals surface area contributed by atoms with Gasteiger partial charge in [0.25, 0.3) is 0 Å². The third-order valence-corrected chi connectivity index (χ3v) is 11.7. The smallest absolute Gasteiger partial charge is 0.399 e. The molecular weight excluding hydrogens is 790 g/mol. The molecular formula is C43H44BIrN5-2. The Morgan fingerprint density at radius 2 is 1.42 bits per heavy atom. The molecule has 0 unspecified atom stereocenters. The van der Waals surface area contributed by atoms with Crippen LogP contribution in [-0.4, -0.2) is 32.9 Å². The molecule has 0 bridgehead atoms. The van der Waals surface area contributed by atoms with Crippen molar-refractivity contribution in [3.63, 3.8) is 0 Å². The molecule has 7 aromatic rings. The minimum absolute atomic E-state index is 0. The van der Waals surface area contributed by atoms with Gasteiger partial charge < -0.3 is 13.7 Å². The number of hydrogen-bond acceptors (Lipinski definition) is 3. The van der Waals surface area contributed by atoms with Crippen LogP contribution < -0.4 is 10.3 Å². The summed E-state index contributed by atoms with van der Waals surface area (Å²) in [5.41, 5.74) is 11.6. The van der Waals surface area contributed by atoms with Crippen molar-refractivity contribution in [2.45, 2.75) is 78.1 Å². The predicted octanol–water partition coefficient (Wildman–Crippen LogP) is 9.30. The number of aromatic nitrogens is 4. The van der Waals surface area contributed by atoms with Gasteiger partial charge in [-0.3, -0.25) is 9.97 Å². The topological polar surface area (TPSA) is 38.4 Å². The van der Waals surface area contributed by atoms with Crippen LogP contribution in [0.3, 0.4) is 0 Å². The summed E-state index contributed by atoms with van der Waals surface area (Å²) in [4.78, 5) is 11.8. The van der Waals surface area contributed by atoms with E-state index in [9.17, 15) is 0 Å². The number of rotatable bonds is 3. The van der Waals surface area contributed by atoms with Crippen LogP contribution in [0.2, 0.25) is 0 Å². The van der Waals surface area contributed by atoms with Crippen LogP contribution in [0.5, 0.6) is 0 Å². The van der Waals surface area contributed by atoms with Gasteiger partial charge in [0.2, 0.25) is 0 Å². The van der Waals surface area contributed by atoms with Crippen molar-refractivity contribution in [2.24, 2.45) is 0 Å². The van der Waals surface area contributed by atoms with Crippen molar-refractivity contribution in [1.29, 1.82) is 0 Å². The molecule has 7 heteroatoms. The van der Waals surface area contributed by atoms with Crippen molar-refractivity contribution in [3.05, 3.63) is 126 Å². The standard InChI is InChI=1S/C22H25BN3.C21H19N2.Ir/c1-15(2)17-10-8-11-18(16(3)4)21(17)23-25(5)20-12-7-6-9-19(20)22-24-13-14-26(22)23;1-20(2)16-11-7-10-14-13-8-5-6-9-15(13)19-22-12-17(21(20,3)4)23(19)18(14)16;/h6-8,10-16H,1-5H3;5-8,10-12H,1-4H3;/q2*-1;. The Balaban J connectivity index is 0.000000155. The number of anilines is 1. The SMILES string of the molecule is CC(C)c1cccc(C(C)C)c1B1N(C)c2ccc[c-]c2-c2nccn21.CC1(C)c2cccc3c4ccc[c-]c4c4ncc(n4c23)C1(C)C.[Ir]. The zero-order chi connectivity index (χ0) is 34.4. The Bertz CT molecular complexity index is 2370. The minimum Gasteiger partial charge on any atom is -0.436 e. The van der Waals surface area contributed by atoms with Crippen LogP contribution in [0.15, 0.2) is 91.4 Å². The van der Waals surface area contributed by atoms with Crippen LogP contribution >= 0.6 is 0 Å². The van der Waals surface area contributed by atoms with E-state index in [0.29, 0.717) is 11.8 Å². The second-order valence-electron chi connectivity index (χ2n) is 15.4. The van der Waals surface area contributed by atoms with E-state index in [1.165, 1.54) is 49.8 Å². The first-order valence-electron chi connectivity index (χ1n) is 17.6. The molecule has 9 rings (SSSR count). The molecule has 0 saturated carbocycles. The van der Waals surface area contributed by atoms with Gasteiger partial charge in [-0.05, 0) is 46.4 Å². The van der Waals surface area contributed by atoms with E-state index in [2.05, 4.69) is 166 Å².